The van der Waals surface area contributed by atoms with Gasteiger partial charge >= 0.3 is 5.97 Å². The molecule has 62 heavy (non-hydrogen) atoms. The van der Waals surface area contributed by atoms with Crippen LogP contribution in [0.4, 0.5) is 0 Å². The highest BCUT2D eigenvalue weighted by Crippen LogP contribution is 2.37. The zero-order valence-electron chi connectivity index (χ0n) is 38.7. The summed E-state index contributed by atoms with van der Waals surface area (Å²) in [6.45, 7) is 11.5. The molecule has 0 aromatic heterocycles. The molecule has 1 saturated carbocycles. The second-order valence-electron chi connectivity index (χ2n) is 19.1. The topological polar surface area (TPSA) is 195 Å². The Bertz CT molecular complexity index is 1630. The van der Waals surface area contributed by atoms with Crippen LogP contribution in [0.15, 0.2) is 47.6 Å². The van der Waals surface area contributed by atoms with Gasteiger partial charge in [-0.3, -0.25) is 14.4 Å². The van der Waals surface area contributed by atoms with Crippen molar-refractivity contribution in [1.29, 1.82) is 0 Å². The Morgan fingerprint density at radius 3 is 2.35 bits per heavy atom. The predicted octanol–water partition coefficient (Wildman–Crippen LogP) is 6.07. The molecule has 0 spiro atoms. The monoisotopic (exact) mass is 871 g/mol. The number of ketones is 2. The van der Waals surface area contributed by atoms with Crippen LogP contribution in [-0.2, 0) is 38.1 Å². The van der Waals surface area contributed by atoms with E-state index in [4.69, 9.17) is 24.7 Å². The fraction of sp³-hybridized carbons (Fsp3) is 0.755. The number of aliphatic hydroxyl groups excluding tert-OH is 2. The lowest BCUT2D eigenvalue weighted by molar-refractivity contribution is -0.263. The summed E-state index contributed by atoms with van der Waals surface area (Å²) in [6, 6.07) is -1.59. The number of Topliss-reactive ketones (excluding diaryl/α,β-unsaturated/α-hetero) is 2. The smallest absolute Gasteiger partial charge is 0.329 e. The van der Waals surface area contributed by atoms with Crippen molar-refractivity contribution in [3.05, 3.63) is 47.6 Å². The predicted molar refractivity (Wildman–Crippen MR) is 237 cm³/mol. The van der Waals surface area contributed by atoms with Crippen molar-refractivity contribution in [1.82, 2.24) is 4.90 Å². The third kappa shape index (κ3) is 14.0. The van der Waals surface area contributed by atoms with Crippen LogP contribution in [0.3, 0.4) is 0 Å². The number of carbonyl (C=O) groups is 4. The number of piperidine rings is 1. The molecule has 2 bridgehead atoms. The molecule has 4 rings (SSSR count). The molecule has 14 atom stereocenters. The number of fused-ring (bicyclic) bond motifs is 3. The Kier molecular flexibility index (Phi) is 20.2. The summed E-state index contributed by atoms with van der Waals surface area (Å²) in [5, 5.41) is 33.6. The van der Waals surface area contributed by atoms with Crippen LogP contribution in [0, 0.1) is 29.6 Å². The molecule has 3 aliphatic heterocycles. The Morgan fingerprint density at radius 2 is 1.65 bits per heavy atom. The Morgan fingerprint density at radius 1 is 0.903 bits per heavy atom. The minimum absolute atomic E-state index is 0.0786. The summed E-state index contributed by atoms with van der Waals surface area (Å²) < 4.78 is 23.6. The molecule has 350 valence electrons. The Hall–Kier alpha value is -3.04. The molecule has 3 heterocycles. The van der Waals surface area contributed by atoms with Crippen LogP contribution in [0.2, 0.25) is 0 Å². The molecule has 1 amide bonds. The fourth-order valence-electron chi connectivity index (χ4n) is 9.83. The van der Waals surface area contributed by atoms with Gasteiger partial charge in [-0.25, -0.2) is 4.79 Å². The SMILES string of the molecule is CO[C@@H]1C[C@H](C[C@@H](C)[C@@H]2CC[C@H](N)/C=C(\C)[C@@H](O)[C@@H](OC)C(=O)[C@H](C)C[C@H](C)/C=C/C=C/C=C(\C)CCC3CCC(C)[C@@](O)(O3)C(=O)C(=O)N3CCCCC3C(=O)O2)CC[C@H]1O. The summed E-state index contributed by atoms with van der Waals surface area (Å²) in [7, 11) is 3.02. The highest BCUT2D eigenvalue weighted by molar-refractivity contribution is 6.39. The van der Waals surface area contributed by atoms with Gasteiger partial charge in [0, 0.05) is 38.6 Å². The van der Waals surface area contributed by atoms with E-state index < -0.39 is 72.0 Å². The first-order chi connectivity index (χ1) is 29.4. The van der Waals surface area contributed by atoms with Gasteiger partial charge in [0.15, 0.2) is 5.78 Å². The minimum Gasteiger partial charge on any atom is -0.461 e. The van der Waals surface area contributed by atoms with Gasteiger partial charge in [-0.15, -0.1) is 0 Å². The molecule has 13 nitrogen and oxygen atoms in total. The largest absolute Gasteiger partial charge is 0.461 e. The second-order valence-corrected chi connectivity index (χ2v) is 19.1. The van der Waals surface area contributed by atoms with Crippen molar-refractivity contribution >= 4 is 23.4 Å². The normalized spacial score (nSPS) is 40.5. The zero-order chi connectivity index (χ0) is 45.7. The summed E-state index contributed by atoms with van der Waals surface area (Å²) >= 11 is 0. The number of esters is 1. The average Bonchev–Trinajstić information content (AvgIpc) is 3.25. The van der Waals surface area contributed by atoms with Crippen LogP contribution >= 0.6 is 0 Å². The third-order valence-corrected chi connectivity index (χ3v) is 13.9. The number of nitrogens with two attached hydrogens (primary N) is 1. The molecule has 0 radical (unpaired) electrons. The van der Waals surface area contributed by atoms with Crippen LogP contribution in [0.5, 0.6) is 0 Å². The number of aliphatic hydroxyl groups is 3. The van der Waals surface area contributed by atoms with Gasteiger partial charge in [0.1, 0.15) is 24.4 Å². The van der Waals surface area contributed by atoms with Gasteiger partial charge in [0.25, 0.3) is 11.7 Å². The lowest BCUT2D eigenvalue weighted by atomic mass is 9.78. The van der Waals surface area contributed by atoms with Crippen LogP contribution < -0.4 is 5.73 Å². The van der Waals surface area contributed by atoms with Crippen molar-refractivity contribution in [2.75, 3.05) is 20.8 Å². The zero-order valence-corrected chi connectivity index (χ0v) is 38.7. The van der Waals surface area contributed by atoms with Crippen LogP contribution in [-0.4, -0.2) is 119 Å². The number of rotatable bonds is 5. The van der Waals surface area contributed by atoms with Crippen LogP contribution in [0.1, 0.15) is 131 Å². The van der Waals surface area contributed by atoms with Crippen molar-refractivity contribution in [3.63, 3.8) is 0 Å². The summed E-state index contributed by atoms with van der Waals surface area (Å²) in [4.78, 5) is 57.3. The van der Waals surface area contributed by atoms with E-state index in [1.165, 1.54) is 12.0 Å². The van der Waals surface area contributed by atoms with Gasteiger partial charge < -0.3 is 44.9 Å². The number of amides is 1. The van der Waals surface area contributed by atoms with Gasteiger partial charge in [0.2, 0.25) is 5.79 Å². The summed E-state index contributed by atoms with van der Waals surface area (Å²) in [5.41, 5.74) is 8.23. The number of nitrogens with zero attached hydrogens (tertiary/aromatic N) is 1. The van der Waals surface area contributed by atoms with Gasteiger partial charge in [-0.05, 0) is 127 Å². The lowest BCUT2D eigenvalue weighted by Crippen LogP contribution is -2.60. The maximum absolute atomic E-state index is 14.3. The summed E-state index contributed by atoms with van der Waals surface area (Å²) in [6.07, 6.45) is 15.3. The highest BCUT2D eigenvalue weighted by atomic mass is 16.6. The molecular weight excluding hydrogens is 793 g/mol. The van der Waals surface area contributed by atoms with E-state index in [0.29, 0.717) is 89.0 Å². The van der Waals surface area contributed by atoms with Crippen molar-refractivity contribution < 1.29 is 53.4 Å². The molecule has 5 N–H and O–H groups in total. The van der Waals surface area contributed by atoms with Gasteiger partial charge in [-0.1, -0.05) is 69.7 Å². The highest BCUT2D eigenvalue weighted by Gasteiger charge is 2.52. The molecule has 13 heteroatoms. The quantitative estimate of drug-likeness (QED) is 0.142. The standard InChI is InChI=1S/C49H78N2O11/c1-30-14-10-9-11-15-31(2)26-33(4)43(53)45(60-8)44(54)34(5)28-37(50)20-24-41(32(3)27-36-19-23-40(52)42(29-36)59-7)61-48(57)39-16-12-13-25-51(39)47(56)46(55)49(58)35(6)18-22-38(62-49)21-17-30/h9-11,14-15,28,31-33,35-42,44-45,52,54,58H,12-13,16-27,29,50H2,1-8H3/b10-9+,15-11+,30-14+,34-28+/t31-,32-,33-,35?,36+,37+,38?,39?,40-,41+,42-,44-,45+,49-/m1/s1. The third-order valence-electron chi connectivity index (χ3n) is 13.9. The maximum Gasteiger partial charge on any atom is 0.329 e. The number of hydrogen-bond donors (Lipinski definition) is 4. The number of cyclic esters (lactones) is 1. The van der Waals surface area contributed by atoms with Crippen LogP contribution in [0.25, 0.3) is 0 Å². The molecule has 0 aromatic carbocycles. The first-order valence-corrected chi connectivity index (χ1v) is 23.3. The number of ether oxygens (including phenoxy) is 4. The summed E-state index contributed by atoms with van der Waals surface area (Å²) in [5.74, 6) is -6.00. The molecule has 4 aliphatic rings. The molecule has 3 unspecified atom stereocenters. The first kappa shape index (κ1) is 51.6. The first-order valence-electron chi connectivity index (χ1n) is 23.3. The number of allylic oxidation sites excluding steroid dienone is 6. The van der Waals surface area contributed by atoms with E-state index in [1.807, 2.05) is 58.1 Å². The number of carbonyl (C=O) groups excluding carboxylic acids is 4. The molecule has 1 aliphatic carbocycles. The number of methoxy groups -OCH3 is 2. The van der Waals surface area contributed by atoms with E-state index >= 15 is 0 Å². The van der Waals surface area contributed by atoms with Crippen molar-refractivity contribution in [2.24, 2.45) is 35.3 Å². The van der Waals surface area contributed by atoms with E-state index in [-0.39, 0.29) is 42.1 Å². The van der Waals surface area contributed by atoms with E-state index in [9.17, 15) is 34.5 Å². The molecule has 0 aromatic rings. The van der Waals surface area contributed by atoms with Crippen molar-refractivity contribution in [2.45, 2.75) is 186 Å². The number of hydrogen-bond acceptors (Lipinski definition) is 12. The van der Waals surface area contributed by atoms with Gasteiger partial charge in [-0.2, -0.15) is 0 Å². The van der Waals surface area contributed by atoms with E-state index in [0.717, 1.165) is 12.0 Å². The Labute approximate surface area is 370 Å². The maximum atomic E-state index is 14.3. The lowest BCUT2D eigenvalue weighted by Gasteiger charge is -2.42. The van der Waals surface area contributed by atoms with Crippen molar-refractivity contribution in [3.8, 4) is 0 Å². The molecule has 3 fully saturated rings. The van der Waals surface area contributed by atoms with E-state index in [2.05, 4.69) is 0 Å². The average molecular weight is 871 g/mol. The molecular formula is C49H78N2O11. The second kappa shape index (κ2) is 24.3. The van der Waals surface area contributed by atoms with Gasteiger partial charge in [0.05, 0.1) is 18.3 Å². The van der Waals surface area contributed by atoms with E-state index in [1.54, 1.807) is 27.0 Å². The Balaban J connectivity index is 1.64. The molecule has 2 saturated heterocycles. The minimum atomic E-state index is -2.32. The fourth-order valence-corrected chi connectivity index (χ4v) is 9.83.